The van der Waals surface area contributed by atoms with Gasteiger partial charge >= 0.3 is 0 Å². The summed E-state index contributed by atoms with van der Waals surface area (Å²) in [5, 5.41) is 29.0. The molecule has 0 saturated heterocycles. The summed E-state index contributed by atoms with van der Waals surface area (Å²) in [7, 11) is 0. The summed E-state index contributed by atoms with van der Waals surface area (Å²) in [6.07, 6.45) is 0.452. The number of halogens is 2. The van der Waals surface area contributed by atoms with Crippen LogP contribution in [0.4, 0.5) is 10.3 Å². The van der Waals surface area contributed by atoms with Gasteiger partial charge in [0.2, 0.25) is 22.1 Å². The molecule has 4 N–H and O–H groups in total. The zero-order chi connectivity index (χ0) is 38.2. The number of rotatable bonds is 15. The van der Waals surface area contributed by atoms with Crippen molar-refractivity contribution >= 4 is 103 Å². The molecule has 6 rings (SSSR count). The lowest BCUT2D eigenvalue weighted by atomic mass is 10.2. The second kappa shape index (κ2) is 18.0. The van der Waals surface area contributed by atoms with Crippen LogP contribution in [-0.2, 0) is 22.4 Å². The first-order valence-electron chi connectivity index (χ1n) is 15.7. The van der Waals surface area contributed by atoms with Crippen molar-refractivity contribution < 1.29 is 19.2 Å². The first kappa shape index (κ1) is 38.9. The maximum Gasteiger partial charge on any atom is 0.270 e. The van der Waals surface area contributed by atoms with Crippen molar-refractivity contribution in [1.29, 1.82) is 0 Å². The fourth-order valence-corrected chi connectivity index (χ4v) is 8.11. The summed E-state index contributed by atoms with van der Waals surface area (Å²) in [5.41, 5.74) is 7.78. The third-order valence-electron chi connectivity index (χ3n) is 6.93. The van der Waals surface area contributed by atoms with E-state index in [4.69, 9.17) is 23.2 Å². The Kier molecular flexibility index (Phi) is 12.9. The van der Waals surface area contributed by atoms with Gasteiger partial charge in [0.15, 0.2) is 21.9 Å². The molecule has 0 bridgehead atoms. The zero-order valence-corrected chi connectivity index (χ0v) is 33.0. The molecule has 54 heavy (non-hydrogen) atoms. The van der Waals surface area contributed by atoms with E-state index in [-0.39, 0.29) is 24.7 Å². The van der Waals surface area contributed by atoms with Gasteiger partial charge in [-0.05, 0) is 48.5 Å². The Balaban J connectivity index is 1.18. The lowest BCUT2D eigenvalue weighted by molar-refractivity contribution is -0.115. The van der Waals surface area contributed by atoms with Crippen LogP contribution in [0.1, 0.15) is 57.6 Å². The standard InChI is InChI=1S/C32H28Cl2N12O4S4/c1-17(47)35-29-37-23(15-53-29)13-25-39-41-31(45(25)43-27(49)19-3-7-21(33)8-4-19)51-11-12-52-32-42-40-26(14-24-16-54-30(38-24)36-18(2)48)46(32)44-28(50)20-5-9-22(34)10-6-20/h3-10,15-16H,11-14H2,1-2H3,(H,43,49)(H,44,50)(H,35,37,47)(H,36,38,48). The van der Waals surface area contributed by atoms with Crippen molar-refractivity contribution in [2.45, 2.75) is 37.0 Å². The van der Waals surface area contributed by atoms with Gasteiger partial charge in [0, 0.05) is 57.3 Å². The van der Waals surface area contributed by atoms with Crippen LogP contribution >= 0.6 is 69.4 Å². The van der Waals surface area contributed by atoms with Crippen molar-refractivity contribution in [3.05, 3.63) is 103 Å². The van der Waals surface area contributed by atoms with E-state index < -0.39 is 11.8 Å². The SMILES string of the molecule is CC(=O)Nc1nc(Cc2nnc(SCCSc3nnc(Cc4csc(NC(C)=O)n4)n3NC(=O)c3ccc(Cl)cc3)n2NC(=O)c2ccc(Cl)cc2)cs1. The number of nitrogens with zero attached hydrogens (tertiary/aromatic N) is 8. The number of anilines is 2. The van der Waals surface area contributed by atoms with E-state index >= 15 is 0 Å². The number of thiazole rings is 2. The van der Waals surface area contributed by atoms with Crippen LogP contribution in [0.5, 0.6) is 0 Å². The molecule has 0 fully saturated rings. The van der Waals surface area contributed by atoms with E-state index in [1.165, 1.54) is 69.4 Å². The maximum absolute atomic E-state index is 13.3. The van der Waals surface area contributed by atoms with Crippen LogP contribution in [-0.4, -0.2) is 74.8 Å². The highest BCUT2D eigenvalue weighted by Crippen LogP contribution is 2.25. The van der Waals surface area contributed by atoms with Crippen molar-refractivity contribution in [1.82, 2.24) is 39.7 Å². The average molecular weight is 844 g/mol. The fraction of sp³-hybridized carbons (Fsp3) is 0.188. The molecule has 4 amide bonds. The lowest BCUT2D eigenvalue weighted by Gasteiger charge is -2.12. The zero-order valence-electron chi connectivity index (χ0n) is 28.2. The summed E-state index contributed by atoms with van der Waals surface area (Å²) in [5.74, 6) is 0.549. The molecule has 6 aromatic rings. The number of hydrogen-bond donors (Lipinski definition) is 4. The van der Waals surface area contributed by atoms with Crippen LogP contribution in [0.3, 0.4) is 0 Å². The number of thioether (sulfide) groups is 2. The fourth-order valence-electron chi connectivity index (χ4n) is 4.56. The number of amides is 4. The highest BCUT2D eigenvalue weighted by atomic mass is 35.5. The Labute approximate surface area is 333 Å². The molecule has 4 heterocycles. The Morgan fingerprint density at radius 1 is 0.630 bits per heavy atom. The minimum Gasteiger partial charge on any atom is -0.302 e. The van der Waals surface area contributed by atoms with Gasteiger partial charge in [-0.2, -0.15) is 0 Å². The third-order valence-corrected chi connectivity index (χ3v) is 11.2. The predicted molar refractivity (Wildman–Crippen MR) is 210 cm³/mol. The summed E-state index contributed by atoms with van der Waals surface area (Å²) in [6, 6.07) is 12.9. The Bertz CT molecular complexity index is 2130. The summed E-state index contributed by atoms with van der Waals surface area (Å²) >= 11 is 17.3. The van der Waals surface area contributed by atoms with Gasteiger partial charge in [0.05, 0.1) is 24.2 Å². The molecule has 0 saturated carbocycles. The first-order valence-corrected chi connectivity index (χ1v) is 20.2. The minimum atomic E-state index is -0.400. The van der Waals surface area contributed by atoms with E-state index in [0.29, 0.717) is 76.3 Å². The normalized spacial score (nSPS) is 11.0. The van der Waals surface area contributed by atoms with Gasteiger partial charge in [-0.15, -0.1) is 43.1 Å². The van der Waals surface area contributed by atoms with Gasteiger partial charge < -0.3 is 10.6 Å². The molecular formula is C32H28Cl2N12O4S4. The minimum absolute atomic E-state index is 0.226. The van der Waals surface area contributed by atoms with E-state index in [9.17, 15) is 19.2 Å². The molecule has 0 aliphatic heterocycles. The Morgan fingerprint density at radius 2 is 1.02 bits per heavy atom. The van der Waals surface area contributed by atoms with Gasteiger partial charge in [0.1, 0.15) is 0 Å². The van der Waals surface area contributed by atoms with E-state index in [2.05, 4.69) is 51.8 Å². The molecule has 0 aliphatic rings. The van der Waals surface area contributed by atoms with Crippen molar-refractivity contribution in [3.63, 3.8) is 0 Å². The first-order chi connectivity index (χ1) is 26.0. The second-order valence-electron chi connectivity index (χ2n) is 11.1. The predicted octanol–water partition coefficient (Wildman–Crippen LogP) is 5.84. The molecule has 0 spiro atoms. The molecule has 0 atom stereocenters. The molecule has 0 unspecified atom stereocenters. The van der Waals surface area contributed by atoms with Crippen LogP contribution in [0.2, 0.25) is 10.0 Å². The average Bonchev–Trinajstić information content (AvgIpc) is 3.93. The second-order valence-corrected chi connectivity index (χ2v) is 15.8. The highest BCUT2D eigenvalue weighted by Gasteiger charge is 2.21. The maximum atomic E-state index is 13.3. The molecule has 2 aromatic carbocycles. The van der Waals surface area contributed by atoms with Crippen molar-refractivity contribution in [3.8, 4) is 0 Å². The molecule has 4 aromatic heterocycles. The number of carbonyl (C=O) groups excluding carboxylic acids is 4. The number of nitrogens with one attached hydrogen (secondary N) is 4. The molecule has 0 radical (unpaired) electrons. The van der Waals surface area contributed by atoms with Crippen LogP contribution in [0, 0.1) is 0 Å². The number of aromatic nitrogens is 8. The quantitative estimate of drug-likeness (QED) is 0.0712. The molecule has 0 aliphatic carbocycles. The Morgan fingerprint density at radius 3 is 1.39 bits per heavy atom. The van der Waals surface area contributed by atoms with E-state index in [1.807, 2.05) is 0 Å². The topological polar surface area (TPSA) is 204 Å². The van der Waals surface area contributed by atoms with Crippen LogP contribution in [0.15, 0.2) is 69.6 Å². The van der Waals surface area contributed by atoms with E-state index in [1.54, 1.807) is 59.3 Å². The van der Waals surface area contributed by atoms with Gasteiger partial charge in [-0.3, -0.25) is 30.0 Å². The highest BCUT2D eigenvalue weighted by molar-refractivity contribution is 8.02. The number of benzene rings is 2. The van der Waals surface area contributed by atoms with Crippen LogP contribution < -0.4 is 21.5 Å². The van der Waals surface area contributed by atoms with Gasteiger partial charge in [-0.25, -0.2) is 19.3 Å². The Hall–Kier alpha value is -4.86. The summed E-state index contributed by atoms with van der Waals surface area (Å²) in [4.78, 5) is 58.4. The van der Waals surface area contributed by atoms with Crippen LogP contribution in [0.25, 0.3) is 0 Å². The van der Waals surface area contributed by atoms with Crippen molar-refractivity contribution in [2.24, 2.45) is 0 Å². The van der Waals surface area contributed by atoms with Gasteiger partial charge in [-0.1, -0.05) is 46.7 Å². The molecular weight excluding hydrogens is 816 g/mol. The smallest absolute Gasteiger partial charge is 0.270 e. The lowest BCUT2D eigenvalue weighted by Crippen LogP contribution is -2.26. The number of hydrogen-bond acceptors (Lipinski definition) is 14. The van der Waals surface area contributed by atoms with Crippen molar-refractivity contribution in [2.75, 3.05) is 33.0 Å². The monoisotopic (exact) mass is 842 g/mol. The summed E-state index contributed by atoms with van der Waals surface area (Å²) in [6.45, 7) is 2.81. The van der Waals surface area contributed by atoms with Gasteiger partial charge in [0.25, 0.3) is 11.8 Å². The molecule has 278 valence electrons. The third kappa shape index (κ3) is 10.4. The number of carbonyl (C=O) groups is 4. The summed E-state index contributed by atoms with van der Waals surface area (Å²) < 4.78 is 3.03. The molecule has 22 heteroatoms. The molecule has 16 nitrogen and oxygen atoms in total. The largest absolute Gasteiger partial charge is 0.302 e. The van der Waals surface area contributed by atoms with E-state index in [0.717, 1.165) is 0 Å².